The molecule has 0 atom stereocenters. The zero-order chi connectivity index (χ0) is 19.9. The largest absolute Gasteiger partial charge is 0.497 e. The number of carbonyl (C=O) groups is 2. The van der Waals surface area contributed by atoms with Crippen molar-refractivity contribution in [2.75, 3.05) is 19.0 Å². The zero-order valence-corrected chi connectivity index (χ0v) is 16.5. The van der Waals surface area contributed by atoms with Crippen LogP contribution in [0.5, 0.6) is 5.75 Å². The van der Waals surface area contributed by atoms with E-state index < -0.39 is 0 Å². The minimum absolute atomic E-state index is 0.178. The lowest BCUT2D eigenvalue weighted by molar-refractivity contribution is -0.117. The predicted octanol–water partition coefficient (Wildman–Crippen LogP) is 3.77. The molecule has 0 bridgehead atoms. The molecule has 0 aliphatic heterocycles. The van der Waals surface area contributed by atoms with Gasteiger partial charge in [-0.05, 0) is 42.3 Å². The zero-order valence-electron chi connectivity index (χ0n) is 15.7. The summed E-state index contributed by atoms with van der Waals surface area (Å²) < 4.78 is 6.13. The van der Waals surface area contributed by atoms with Crippen LogP contribution in [-0.4, -0.2) is 30.5 Å². The number of methoxy groups -OCH3 is 1. The highest BCUT2D eigenvalue weighted by Gasteiger charge is 2.09. The van der Waals surface area contributed by atoms with E-state index in [1.807, 2.05) is 49.4 Å². The molecule has 28 heavy (non-hydrogen) atoms. The molecule has 0 unspecified atom stereocenters. The quantitative estimate of drug-likeness (QED) is 0.597. The Morgan fingerprint density at radius 3 is 2.68 bits per heavy atom. The number of hydrogen-bond acceptors (Lipinski definition) is 5. The summed E-state index contributed by atoms with van der Waals surface area (Å²) in [6.07, 6.45) is 3.32. The number of nitrogens with zero attached hydrogens (tertiary/aromatic N) is 1. The van der Waals surface area contributed by atoms with Crippen molar-refractivity contribution in [2.24, 2.45) is 0 Å². The second kappa shape index (κ2) is 9.14. The van der Waals surface area contributed by atoms with Gasteiger partial charge in [0.1, 0.15) is 5.75 Å². The van der Waals surface area contributed by atoms with Gasteiger partial charge >= 0.3 is 0 Å². The summed E-state index contributed by atoms with van der Waals surface area (Å²) in [5, 5.41) is 6.06. The Bertz CT molecular complexity index is 1010. The van der Waals surface area contributed by atoms with Crippen molar-refractivity contribution in [3.8, 4) is 5.75 Å². The van der Waals surface area contributed by atoms with Gasteiger partial charge in [-0.15, -0.1) is 0 Å². The van der Waals surface area contributed by atoms with E-state index in [0.717, 1.165) is 27.1 Å². The van der Waals surface area contributed by atoms with E-state index in [2.05, 4.69) is 15.6 Å². The molecule has 3 rings (SSSR count). The van der Waals surface area contributed by atoms with Gasteiger partial charge in [0, 0.05) is 19.0 Å². The lowest BCUT2D eigenvalue weighted by Gasteiger charge is -2.03. The summed E-state index contributed by atoms with van der Waals surface area (Å²) in [6.45, 7) is 2.24. The third-order valence-corrected chi connectivity index (χ3v) is 5.00. The van der Waals surface area contributed by atoms with Gasteiger partial charge < -0.3 is 15.4 Å². The molecule has 1 aromatic heterocycles. The standard InChI is InChI=1S/C21H21N3O3S/c1-14-4-3-5-17-20(14)24-21(28-17)23-19(26)12-13-22-18(25)11-8-15-6-9-16(27-2)10-7-15/h3-11H,12-13H2,1-2H3,(H,22,25)(H,23,24,26)/b11-8+. The molecule has 144 valence electrons. The third kappa shape index (κ3) is 5.17. The average molecular weight is 395 g/mol. The number of carbonyl (C=O) groups excluding carboxylic acids is 2. The summed E-state index contributed by atoms with van der Waals surface area (Å²) >= 11 is 1.44. The van der Waals surface area contributed by atoms with Gasteiger partial charge in [0.25, 0.3) is 0 Å². The maximum atomic E-state index is 12.1. The molecule has 0 saturated heterocycles. The van der Waals surface area contributed by atoms with Gasteiger partial charge in [-0.2, -0.15) is 0 Å². The number of anilines is 1. The number of amides is 2. The number of thiazole rings is 1. The number of nitrogens with one attached hydrogen (secondary N) is 2. The Hall–Kier alpha value is -3.19. The van der Waals surface area contributed by atoms with Crippen molar-refractivity contribution in [2.45, 2.75) is 13.3 Å². The van der Waals surface area contributed by atoms with Crippen molar-refractivity contribution < 1.29 is 14.3 Å². The number of benzene rings is 2. The van der Waals surface area contributed by atoms with E-state index in [9.17, 15) is 9.59 Å². The van der Waals surface area contributed by atoms with Gasteiger partial charge in [0.2, 0.25) is 11.8 Å². The molecule has 0 fully saturated rings. The molecule has 0 spiro atoms. The van der Waals surface area contributed by atoms with E-state index in [-0.39, 0.29) is 24.8 Å². The van der Waals surface area contributed by atoms with Gasteiger partial charge in [-0.1, -0.05) is 35.6 Å². The van der Waals surface area contributed by atoms with E-state index >= 15 is 0 Å². The summed E-state index contributed by atoms with van der Waals surface area (Å²) in [4.78, 5) is 28.4. The molecule has 0 aliphatic rings. The van der Waals surface area contributed by atoms with Gasteiger partial charge in [0.05, 0.1) is 17.3 Å². The van der Waals surface area contributed by atoms with Crippen LogP contribution in [0.1, 0.15) is 17.5 Å². The van der Waals surface area contributed by atoms with Crippen LogP contribution in [0.3, 0.4) is 0 Å². The maximum absolute atomic E-state index is 12.1. The maximum Gasteiger partial charge on any atom is 0.244 e. The van der Waals surface area contributed by atoms with Crippen LogP contribution in [-0.2, 0) is 9.59 Å². The van der Waals surface area contributed by atoms with E-state index in [1.54, 1.807) is 13.2 Å². The van der Waals surface area contributed by atoms with Gasteiger partial charge in [-0.3, -0.25) is 9.59 Å². The molecular formula is C21H21N3O3S. The summed E-state index contributed by atoms with van der Waals surface area (Å²) in [7, 11) is 1.60. The Morgan fingerprint density at radius 2 is 1.96 bits per heavy atom. The minimum Gasteiger partial charge on any atom is -0.497 e. The molecule has 3 aromatic rings. The molecule has 0 radical (unpaired) electrons. The van der Waals surface area contributed by atoms with Gasteiger partial charge in [-0.25, -0.2) is 4.98 Å². The molecule has 2 amide bonds. The second-order valence-corrected chi connectivity index (χ2v) is 7.17. The van der Waals surface area contributed by atoms with Crippen LogP contribution in [0.25, 0.3) is 16.3 Å². The summed E-state index contributed by atoms with van der Waals surface area (Å²) in [5.41, 5.74) is 2.87. The average Bonchev–Trinajstić information content (AvgIpc) is 3.10. The number of ether oxygens (including phenoxy) is 1. The Morgan fingerprint density at radius 1 is 1.18 bits per heavy atom. The first-order valence-electron chi connectivity index (χ1n) is 8.81. The summed E-state index contributed by atoms with van der Waals surface area (Å²) in [5.74, 6) is 0.325. The van der Waals surface area contributed by atoms with Crippen LogP contribution < -0.4 is 15.4 Å². The highest BCUT2D eigenvalue weighted by Crippen LogP contribution is 2.27. The first-order chi connectivity index (χ1) is 13.5. The van der Waals surface area contributed by atoms with E-state index in [0.29, 0.717) is 5.13 Å². The highest BCUT2D eigenvalue weighted by atomic mass is 32.1. The highest BCUT2D eigenvalue weighted by molar-refractivity contribution is 7.22. The lowest BCUT2D eigenvalue weighted by Crippen LogP contribution is -2.26. The van der Waals surface area contributed by atoms with Crippen LogP contribution in [0.15, 0.2) is 48.5 Å². The SMILES string of the molecule is COc1ccc(/C=C/C(=O)NCCC(=O)Nc2nc3c(C)cccc3s2)cc1. The van der Waals surface area contributed by atoms with Crippen LogP contribution in [0.2, 0.25) is 0 Å². The van der Waals surface area contributed by atoms with E-state index in [1.165, 1.54) is 17.4 Å². The topological polar surface area (TPSA) is 80.3 Å². The Kier molecular flexibility index (Phi) is 6.39. The normalized spacial score (nSPS) is 10.9. The first-order valence-corrected chi connectivity index (χ1v) is 9.63. The molecule has 0 saturated carbocycles. The Labute approximate surface area is 167 Å². The number of hydrogen-bond donors (Lipinski definition) is 2. The number of aromatic nitrogens is 1. The van der Waals surface area contributed by atoms with E-state index in [4.69, 9.17) is 4.74 Å². The first kappa shape index (κ1) is 19.6. The van der Waals surface area contributed by atoms with Crippen molar-refractivity contribution in [3.05, 3.63) is 59.7 Å². The van der Waals surface area contributed by atoms with Crippen LogP contribution in [0.4, 0.5) is 5.13 Å². The molecular weight excluding hydrogens is 374 g/mol. The molecule has 6 nitrogen and oxygen atoms in total. The lowest BCUT2D eigenvalue weighted by atomic mass is 10.2. The van der Waals surface area contributed by atoms with Crippen LogP contribution >= 0.6 is 11.3 Å². The third-order valence-electron chi connectivity index (χ3n) is 4.06. The number of fused-ring (bicyclic) bond motifs is 1. The molecule has 2 aromatic carbocycles. The second-order valence-electron chi connectivity index (χ2n) is 6.14. The fourth-order valence-corrected chi connectivity index (χ4v) is 3.53. The minimum atomic E-state index is -0.251. The van der Waals surface area contributed by atoms with Crippen molar-refractivity contribution in [1.29, 1.82) is 0 Å². The fraction of sp³-hybridized carbons (Fsp3) is 0.190. The number of para-hydroxylation sites is 1. The summed E-state index contributed by atoms with van der Waals surface area (Å²) in [6, 6.07) is 13.3. The van der Waals surface area contributed by atoms with Gasteiger partial charge in [0.15, 0.2) is 5.13 Å². The molecule has 0 aliphatic carbocycles. The smallest absolute Gasteiger partial charge is 0.244 e. The molecule has 1 heterocycles. The number of aryl methyl sites for hydroxylation is 1. The van der Waals surface area contributed by atoms with Crippen molar-refractivity contribution in [3.63, 3.8) is 0 Å². The van der Waals surface area contributed by atoms with Crippen molar-refractivity contribution >= 4 is 44.6 Å². The Balaban J connectivity index is 1.44. The van der Waals surface area contributed by atoms with Crippen LogP contribution in [0, 0.1) is 6.92 Å². The van der Waals surface area contributed by atoms with Crippen molar-refractivity contribution in [1.82, 2.24) is 10.3 Å². The fourth-order valence-electron chi connectivity index (χ4n) is 2.57. The monoisotopic (exact) mass is 395 g/mol. The predicted molar refractivity (Wildman–Crippen MR) is 113 cm³/mol. The number of rotatable bonds is 7. The molecule has 7 heteroatoms. The molecule has 2 N–H and O–H groups in total.